The number of nitrogens with zero attached hydrogens (tertiary/aromatic N) is 3. The first-order valence-corrected chi connectivity index (χ1v) is 10.1. The van der Waals surface area contributed by atoms with Crippen molar-refractivity contribution in [3.8, 4) is 0 Å². The molecule has 8 heteroatoms. The number of hydrogen-bond acceptors (Lipinski definition) is 1. The van der Waals surface area contributed by atoms with Crippen molar-refractivity contribution in [1.82, 2.24) is 9.36 Å². The van der Waals surface area contributed by atoms with Gasteiger partial charge in [-0.05, 0) is 37.0 Å². The standard InChI is InChI=1S/C22H27F4N3O/c1-21(2,3)18-12-19(29(28(18)4)13-14-7-5-6-8-14)27-20(30)16-11-15(22(24,25)26)9-10-17(16)23/h9-12,14H,5-8,13H2,1-4H3/b27-19+. The second-order valence-corrected chi connectivity index (χ2v) is 9.00. The van der Waals surface area contributed by atoms with Gasteiger partial charge >= 0.3 is 6.18 Å². The van der Waals surface area contributed by atoms with Gasteiger partial charge < -0.3 is 0 Å². The first kappa shape index (κ1) is 22.3. The molecule has 1 amide bonds. The van der Waals surface area contributed by atoms with Crippen LogP contribution in [0.5, 0.6) is 0 Å². The average molecular weight is 425 g/mol. The molecule has 0 bridgehead atoms. The van der Waals surface area contributed by atoms with E-state index in [1.165, 1.54) is 0 Å². The Morgan fingerprint density at radius 2 is 1.77 bits per heavy atom. The molecule has 4 nitrogen and oxygen atoms in total. The summed E-state index contributed by atoms with van der Waals surface area (Å²) in [6, 6.07) is 3.56. The molecular weight excluding hydrogens is 398 g/mol. The highest BCUT2D eigenvalue weighted by Crippen LogP contribution is 2.31. The van der Waals surface area contributed by atoms with Gasteiger partial charge in [0.1, 0.15) is 5.82 Å². The summed E-state index contributed by atoms with van der Waals surface area (Å²) in [6.07, 6.45) is -0.195. The molecule has 0 radical (unpaired) electrons. The van der Waals surface area contributed by atoms with Gasteiger partial charge in [-0.2, -0.15) is 18.2 Å². The van der Waals surface area contributed by atoms with Crippen molar-refractivity contribution >= 4 is 5.91 Å². The van der Waals surface area contributed by atoms with Crippen LogP contribution in [0.4, 0.5) is 17.6 Å². The average Bonchev–Trinajstić information content (AvgIpc) is 3.24. The molecule has 1 saturated carbocycles. The molecule has 0 aliphatic heterocycles. The van der Waals surface area contributed by atoms with Crippen LogP contribution in [0, 0.1) is 11.7 Å². The van der Waals surface area contributed by atoms with E-state index in [1.807, 2.05) is 37.2 Å². The predicted octanol–water partition coefficient (Wildman–Crippen LogP) is 5.21. The molecule has 1 aromatic heterocycles. The van der Waals surface area contributed by atoms with E-state index < -0.39 is 29.0 Å². The van der Waals surface area contributed by atoms with E-state index in [9.17, 15) is 22.4 Å². The number of aromatic nitrogens is 2. The summed E-state index contributed by atoms with van der Waals surface area (Å²) >= 11 is 0. The van der Waals surface area contributed by atoms with Crippen molar-refractivity contribution in [2.75, 3.05) is 0 Å². The Hall–Kier alpha value is -2.38. The van der Waals surface area contributed by atoms with Crippen LogP contribution < -0.4 is 5.49 Å². The molecule has 30 heavy (non-hydrogen) atoms. The summed E-state index contributed by atoms with van der Waals surface area (Å²) in [5.41, 5.74) is -0.736. The third-order valence-corrected chi connectivity index (χ3v) is 5.66. The Labute approximate surface area is 173 Å². The van der Waals surface area contributed by atoms with Crippen LogP contribution in [0.3, 0.4) is 0 Å². The first-order chi connectivity index (χ1) is 13.9. The van der Waals surface area contributed by atoms with Crippen LogP contribution >= 0.6 is 0 Å². The number of benzene rings is 1. The Morgan fingerprint density at radius 3 is 2.33 bits per heavy atom. The van der Waals surface area contributed by atoms with Crippen LogP contribution in [-0.2, 0) is 25.2 Å². The monoisotopic (exact) mass is 425 g/mol. The van der Waals surface area contributed by atoms with Crippen molar-refractivity contribution in [2.24, 2.45) is 18.0 Å². The van der Waals surface area contributed by atoms with Crippen molar-refractivity contribution < 1.29 is 22.4 Å². The SMILES string of the molecule is Cn1c(C(C)(C)C)c/c(=N\C(=O)c2cc(C(F)(F)F)ccc2F)n1CC1CCCC1. The van der Waals surface area contributed by atoms with Gasteiger partial charge in [-0.15, -0.1) is 0 Å². The summed E-state index contributed by atoms with van der Waals surface area (Å²) < 4.78 is 57.0. The fourth-order valence-electron chi connectivity index (χ4n) is 4.05. The van der Waals surface area contributed by atoms with Crippen LogP contribution in [-0.4, -0.2) is 15.3 Å². The van der Waals surface area contributed by atoms with Gasteiger partial charge in [-0.25, -0.2) is 4.39 Å². The van der Waals surface area contributed by atoms with Gasteiger partial charge in [-0.3, -0.25) is 14.2 Å². The maximum absolute atomic E-state index is 14.2. The Morgan fingerprint density at radius 1 is 1.13 bits per heavy atom. The van der Waals surface area contributed by atoms with Gasteiger partial charge in [0.15, 0.2) is 5.49 Å². The number of halogens is 4. The van der Waals surface area contributed by atoms with E-state index in [-0.39, 0.29) is 5.41 Å². The molecule has 2 aromatic rings. The number of hydrogen-bond donors (Lipinski definition) is 0. The molecular formula is C22H27F4N3O. The van der Waals surface area contributed by atoms with Crippen molar-refractivity contribution in [2.45, 2.75) is 64.6 Å². The Kier molecular flexibility index (Phi) is 5.98. The van der Waals surface area contributed by atoms with Gasteiger partial charge in [0, 0.05) is 30.8 Å². The normalized spacial score (nSPS) is 16.5. The van der Waals surface area contributed by atoms with Crippen molar-refractivity contribution in [3.05, 3.63) is 52.4 Å². The Bertz CT molecular complexity index is 1000. The molecule has 0 atom stereocenters. The Balaban J connectivity index is 2.08. The van der Waals surface area contributed by atoms with E-state index in [0.717, 1.165) is 31.4 Å². The molecule has 0 spiro atoms. The zero-order valence-corrected chi connectivity index (χ0v) is 17.7. The van der Waals surface area contributed by atoms with E-state index in [0.29, 0.717) is 36.1 Å². The molecule has 1 heterocycles. The zero-order chi connectivity index (χ0) is 22.3. The molecule has 0 unspecified atom stereocenters. The van der Waals surface area contributed by atoms with Crippen LogP contribution in [0.2, 0.25) is 0 Å². The minimum absolute atomic E-state index is 0.232. The maximum Gasteiger partial charge on any atom is 0.416 e. The van der Waals surface area contributed by atoms with Gasteiger partial charge in [0.25, 0.3) is 5.91 Å². The summed E-state index contributed by atoms with van der Waals surface area (Å²) in [7, 11) is 1.88. The number of alkyl halides is 3. The van der Waals surface area contributed by atoms with Gasteiger partial charge in [0.05, 0.1) is 11.1 Å². The minimum atomic E-state index is -4.67. The first-order valence-electron chi connectivity index (χ1n) is 10.1. The number of carbonyl (C=O) groups is 1. The van der Waals surface area contributed by atoms with E-state index in [2.05, 4.69) is 4.99 Å². The van der Waals surface area contributed by atoms with E-state index in [1.54, 1.807) is 6.07 Å². The quantitative estimate of drug-likeness (QED) is 0.622. The third-order valence-electron chi connectivity index (χ3n) is 5.66. The van der Waals surface area contributed by atoms with Gasteiger partial charge in [0.2, 0.25) is 0 Å². The largest absolute Gasteiger partial charge is 0.416 e. The summed E-state index contributed by atoms with van der Waals surface area (Å²) in [5.74, 6) is -1.60. The molecule has 0 saturated heterocycles. The molecule has 1 aliphatic rings. The fourth-order valence-corrected chi connectivity index (χ4v) is 4.05. The zero-order valence-electron chi connectivity index (χ0n) is 17.7. The second kappa shape index (κ2) is 8.04. The molecule has 1 aliphatic carbocycles. The predicted molar refractivity (Wildman–Crippen MR) is 105 cm³/mol. The van der Waals surface area contributed by atoms with Crippen LogP contribution in [0.1, 0.15) is 68.1 Å². The molecule has 3 rings (SSSR count). The summed E-state index contributed by atoms with van der Waals surface area (Å²) in [6.45, 7) is 6.74. The lowest BCUT2D eigenvalue weighted by atomic mass is 9.92. The topological polar surface area (TPSA) is 39.3 Å². The third kappa shape index (κ3) is 4.68. The maximum atomic E-state index is 14.2. The van der Waals surface area contributed by atoms with E-state index in [4.69, 9.17) is 0 Å². The van der Waals surface area contributed by atoms with Crippen molar-refractivity contribution in [3.63, 3.8) is 0 Å². The highest BCUT2D eigenvalue weighted by molar-refractivity contribution is 5.95. The lowest BCUT2D eigenvalue weighted by Crippen LogP contribution is -2.28. The fraction of sp³-hybridized carbons (Fsp3) is 0.545. The summed E-state index contributed by atoms with van der Waals surface area (Å²) in [5, 5.41) is 0. The smallest absolute Gasteiger partial charge is 0.291 e. The highest BCUT2D eigenvalue weighted by Gasteiger charge is 2.32. The lowest BCUT2D eigenvalue weighted by molar-refractivity contribution is -0.137. The second-order valence-electron chi connectivity index (χ2n) is 9.00. The molecule has 164 valence electrons. The van der Waals surface area contributed by atoms with E-state index >= 15 is 0 Å². The molecule has 0 N–H and O–H groups in total. The highest BCUT2D eigenvalue weighted by atomic mass is 19.4. The number of amides is 1. The number of carbonyl (C=O) groups excluding carboxylic acids is 1. The van der Waals surface area contributed by atoms with Crippen molar-refractivity contribution in [1.29, 1.82) is 0 Å². The van der Waals surface area contributed by atoms with Crippen LogP contribution in [0.15, 0.2) is 29.3 Å². The number of rotatable bonds is 3. The van der Waals surface area contributed by atoms with Crippen LogP contribution in [0.25, 0.3) is 0 Å². The minimum Gasteiger partial charge on any atom is -0.291 e. The lowest BCUT2D eigenvalue weighted by Gasteiger charge is -2.21. The molecule has 1 fully saturated rings. The van der Waals surface area contributed by atoms with Gasteiger partial charge in [-0.1, -0.05) is 33.6 Å². The molecule has 1 aromatic carbocycles. The summed E-state index contributed by atoms with van der Waals surface area (Å²) in [4.78, 5) is 16.7.